The maximum atomic E-state index is 12.5. The lowest BCUT2D eigenvalue weighted by Gasteiger charge is -2.32. The Balaban J connectivity index is 1.42. The fourth-order valence-corrected chi connectivity index (χ4v) is 4.51. The highest BCUT2D eigenvalue weighted by molar-refractivity contribution is 7.13. The van der Waals surface area contributed by atoms with Crippen LogP contribution in [0.15, 0.2) is 5.38 Å². The van der Waals surface area contributed by atoms with Crippen molar-refractivity contribution in [1.82, 2.24) is 15.2 Å². The molecule has 0 atom stereocenters. The van der Waals surface area contributed by atoms with Crippen LogP contribution in [0.1, 0.15) is 62.4 Å². The van der Waals surface area contributed by atoms with Gasteiger partial charge in [-0.1, -0.05) is 12.8 Å². The zero-order chi connectivity index (χ0) is 17.6. The first kappa shape index (κ1) is 18.2. The molecule has 2 amide bonds. The largest absolute Gasteiger partial charge is 0.362 e. The van der Waals surface area contributed by atoms with Crippen LogP contribution in [0.4, 0.5) is 5.13 Å². The van der Waals surface area contributed by atoms with Crippen LogP contribution in [-0.4, -0.2) is 47.4 Å². The molecule has 0 spiro atoms. The molecule has 2 N–H and O–H groups in total. The fourth-order valence-electron chi connectivity index (χ4n) is 3.76. The van der Waals surface area contributed by atoms with Crippen LogP contribution >= 0.6 is 11.3 Å². The molecule has 6 nitrogen and oxygen atoms in total. The Kier molecular flexibility index (Phi) is 6.29. The van der Waals surface area contributed by atoms with Crippen molar-refractivity contribution >= 4 is 28.3 Å². The Bertz CT molecular complexity index is 590. The lowest BCUT2D eigenvalue weighted by atomic mass is 10.0. The van der Waals surface area contributed by atoms with Gasteiger partial charge in [0.15, 0.2) is 5.13 Å². The van der Waals surface area contributed by atoms with Gasteiger partial charge in [0.25, 0.3) is 5.91 Å². The molecule has 1 aliphatic heterocycles. The number of hydrogen-bond acceptors (Lipinski definition) is 5. The van der Waals surface area contributed by atoms with Crippen LogP contribution in [0.5, 0.6) is 0 Å². The van der Waals surface area contributed by atoms with E-state index in [1.165, 1.54) is 37.0 Å². The van der Waals surface area contributed by atoms with E-state index in [0.29, 0.717) is 31.1 Å². The molecular weight excluding hydrogens is 336 g/mol. The third kappa shape index (κ3) is 4.93. The zero-order valence-corrected chi connectivity index (χ0v) is 15.7. The van der Waals surface area contributed by atoms with Gasteiger partial charge >= 0.3 is 0 Å². The predicted octanol–water partition coefficient (Wildman–Crippen LogP) is 2.88. The van der Waals surface area contributed by atoms with E-state index in [2.05, 4.69) is 15.6 Å². The van der Waals surface area contributed by atoms with Crippen molar-refractivity contribution in [3.05, 3.63) is 11.1 Å². The summed E-state index contributed by atoms with van der Waals surface area (Å²) in [5, 5.41) is 8.91. The summed E-state index contributed by atoms with van der Waals surface area (Å²) in [6.07, 6.45) is 7.25. The number of carbonyl (C=O) groups is 2. The van der Waals surface area contributed by atoms with E-state index in [1.54, 1.807) is 0 Å². The molecule has 2 heterocycles. The quantitative estimate of drug-likeness (QED) is 0.814. The Morgan fingerprint density at radius 1 is 1.24 bits per heavy atom. The molecule has 1 aromatic heterocycles. The highest BCUT2D eigenvalue weighted by Gasteiger charge is 2.27. The van der Waals surface area contributed by atoms with Gasteiger partial charge in [-0.25, -0.2) is 4.98 Å². The van der Waals surface area contributed by atoms with E-state index in [-0.39, 0.29) is 17.9 Å². The number of rotatable bonds is 6. The first-order chi connectivity index (χ1) is 12.2. The van der Waals surface area contributed by atoms with Gasteiger partial charge in [0.2, 0.25) is 5.91 Å². The van der Waals surface area contributed by atoms with E-state index < -0.39 is 0 Å². The normalized spacial score (nSPS) is 19.2. The Labute approximate surface area is 153 Å². The lowest BCUT2D eigenvalue weighted by molar-refractivity contribution is -0.122. The van der Waals surface area contributed by atoms with Gasteiger partial charge in [-0.3, -0.25) is 9.59 Å². The van der Waals surface area contributed by atoms with Crippen molar-refractivity contribution in [1.29, 1.82) is 0 Å². The van der Waals surface area contributed by atoms with E-state index in [4.69, 9.17) is 0 Å². The van der Waals surface area contributed by atoms with E-state index in [1.807, 2.05) is 17.2 Å². The first-order valence-electron chi connectivity index (χ1n) is 9.43. The summed E-state index contributed by atoms with van der Waals surface area (Å²) >= 11 is 1.46. The number of aromatic nitrogens is 1. The monoisotopic (exact) mass is 364 g/mol. The van der Waals surface area contributed by atoms with Crippen molar-refractivity contribution in [3.63, 3.8) is 0 Å². The molecule has 0 unspecified atom stereocenters. The molecule has 2 aliphatic rings. The van der Waals surface area contributed by atoms with Crippen molar-refractivity contribution in [2.75, 3.05) is 25.0 Å². The van der Waals surface area contributed by atoms with Crippen LogP contribution in [0.2, 0.25) is 0 Å². The van der Waals surface area contributed by atoms with Gasteiger partial charge in [0, 0.05) is 37.5 Å². The van der Waals surface area contributed by atoms with Crippen LogP contribution in [0.25, 0.3) is 0 Å². The predicted molar refractivity (Wildman–Crippen MR) is 99.9 cm³/mol. The fraction of sp³-hybridized carbons (Fsp3) is 0.722. The highest BCUT2D eigenvalue weighted by atomic mass is 32.1. The van der Waals surface area contributed by atoms with Crippen molar-refractivity contribution in [2.24, 2.45) is 5.92 Å². The number of nitrogens with zero attached hydrogens (tertiary/aromatic N) is 2. The van der Waals surface area contributed by atoms with Gasteiger partial charge < -0.3 is 15.5 Å². The van der Waals surface area contributed by atoms with E-state index >= 15 is 0 Å². The summed E-state index contributed by atoms with van der Waals surface area (Å²) < 4.78 is 0. The number of hydrogen-bond donors (Lipinski definition) is 2. The molecular formula is C18H28N4O2S. The SMILES string of the molecule is CCNc1nc(C(=O)N2CCC(NC(=O)CC3CCCC3)CC2)cs1. The Hall–Kier alpha value is -1.63. The van der Waals surface area contributed by atoms with Gasteiger partial charge in [-0.15, -0.1) is 11.3 Å². The molecule has 1 saturated heterocycles. The minimum absolute atomic E-state index is 0.00358. The van der Waals surface area contributed by atoms with Crippen LogP contribution in [0, 0.1) is 5.92 Å². The molecule has 25 heavy (non-hydrogen) atoms. The Morgan fingerprint density at radius 3 is 2.64 bits per heavy atom. The summed E-state index contributed by atoms with van der Waals surface area (Å²) in [4.78, 5) is 30.9. The highest BCUT2D eigenvalue weighted by Crippen LogP contribution is 2.27. The lowest BCUT2D eigenvalue weighted by Crippen LogP contribution is -2.46. The molecule has 0 radical (unpaired) electrons. The molecule has 3 rings (SSSR count). The van der Waals surface area contributed by atoms with E-state index in [9.17, 15) is 9.59 Å². The second-order valence-electron chi connectivity index (χ2n) is 7.06. The number of anilines is 1. The van der Waals surface area contributed by atoms with Gasteiger partial charge in [0.05, 0.1) is 0 Å². The summed E-state index contributed by atoms with van der Waals surface area (Å²) in [6, 6.07) is 0.200. The summed E-state index contributed by atoms with van der Waals surface area (Å²) in [6.45, 7) is 4.17. The molecule has 0 bridgehead atoms. The molecule has 138 valence electrons. The minimum atomic E-state index is -0.00358. The van der Waals surface area contributed by atoms with Gasteiger partial charge in [0.1, 0.15) is 5.69 Å². The third-order valence-electron chi connectivity index (χ3n) is 5.15. The number of thiazole rings is 1. The first-order valence-corrected chi connectivity index (χ1v) is 10.3. The second-order valence-corrected chi connectivity index (χ2v) is 7.91. The van der Waals surface area contributed by atoms with Crippen molar-refractivity contribution in [3.8, 4) is 0 Å². The van der Waals surface area contributed by atoms with E-state index in [0.717, 1.165) is 24.5 Å². The minimum Gasteiger partial charge on any atom is -0.362 e. The number of amides is 2. The molecule has 1 aromatic rings. The summed E-state index contributed by atoms with van der Waals surface area (Å²) in [5.74, 6) is 0.764. The summed E-state index contributed by atoms with van der Waals surface area (Å²) in [7, 11) is 0. The number of nitrogens with one attached hydrogen (secondary N) is 2. The Morgan fingerprint density at radius 2 is 1.96 bits per heavy atom. The van der Waals surface area contributed by atoms with Gasteiger partial charge in [-0.05, 0) is 38.5 Å². The van der Waals surface area contributed by atoms with Crippen LogP contribution in [-0.2, 0) is 4.79 Å². The standard InChI is InChI=1S/C18H28N4O2S/c1-2-19-18-21-15(12-25-18)17(24)22-9-7-14(8-10-22)20-16(23)11-13-5-3-4-6-13/h12-14H,2-11H2,1H3,(H,19,21)(H,20,23). The topological polar surface area (TPSA) is 74.3 Å². The summed E-state index contributed by atoms with van der Waals surface area (Å²) in [5.41, 5.74) is 0.518. The van der Waals surface area contributed by atoms with Crippen molar-refractivity contribution in [2.45, 2.75) is 57.9 Å². The van der Waals surface area contributed by atoms with Gasteiger partial charge in [-0.2, -0.15) is 0 Å². The zero-order valence-electron chi connectivity index (χ0n) is 14.9. The third-order valence-corrected chi connectivity index (χ3v) is 5.95. The molecule has 0 aromatic carbocycles. The second kappa shape index (κ2) is 8.65. The number of likely N-dealkylation sites (tertiary alicyclic amines) is 1. The smallest absolute Gasteiger partial charge is 0.273 e. The maximum absolute atomic E-state index is 12.5. The maximum Gasteiger partial charge on any atom is 0.273 e. The molecule has 1 saturated carbocycles. The number of piperidine rings is 1. The van der Waals surface area contributed by atoms with Crippen LogP contribution < -0.4 is 10.6 Å². The average Bonchev–Trinajstić information content (AvgIpc) is 3.27. The molecule has 2 fully saturated rings. The molecule has 1 aliphatic carbocycles. The molecule has 7 heteroatoms. The number of carbonyl (C=O) groups excluding carboxylic acids is 2. The van der Waals surface area contributed by atoms with Crippen LogP contribution in [0.3, 0.4) is 0 Å². The average molecular weight is 365 g/mol. The van der Waals surface area contributed by atoms with Crippen molar-refractivity contribution < 1.29 is 9.59 Å².